The highest BCUT2D eigenvalue weighted by Crippen LogP contribution is 2.36. The predicted octanol–water partition coefficient (Wildman–Crippen LogP) is 2.74. The summed E-state index contributed by atoms with van der Waals surface area (Å²) in [6, 6.07) is 8.35. The summed E-state index contributed by atoms with van der Waals surface area (Å²) in [7, 11) is -0.306. The Morgan fingerprint density at radius 1 is 1.05 bits per heavy atom. The lowest BCUT2D eigenvalue weighted by Gasteiger charge is -2.32. The van der Waals surface area contributed by atoms with Gasteiger partial charge in [-0.05, 0) is 52.2 Å². The average Bonchev–Trinajstić information content (AvgIpc) is 2.68. The molecule has 0 saturated carbocycles. The van der Waals surface area contributed by atoms with Crippen LogP contribution in [0, 0.1) is 0 Å². The van der Waals surface area contributed by atoms with E-state index in [1.165, 1.54) is 0 Å². The molecule has 0 amide bonds. The van der Waals surface area contributed by atoms with Gasteiger partial charge in [0.25, 0.3) is 0 Å². The van der Waals surface area contributed by atoms with E-state index in [0.717, 1.165) is 23.4 Å². The molecule has 0 unspecified atom stereocenters. The fourth-order valence-electron chi connectivity index (χ4n) is 2.56. The molecular formula is C17H23BN2O2. The Bertz CT molecular complexity index is 604. The summed E-state index contributed by atoms with van der Waals surface area (Å²) in [4.78, 5) is 6.45. The SMILES string of the molecule is CC1=NC=CN(c2ccc(B3OC(C)(C)C(C)(C)O3)cc2)C1. The number of benzene rings is 1. The van der Waals surface area contributed by atoms with Crippen LogP contribution >= 0.6 is 0 Å². The van der Waals surface area contributed by atoms with E-state index in [4.69, 9.17) is 9.31 Å². The molecule has 0 aliphatic carbocycles. The van der Waals surface area contributed by atoms with Gasteiger partial charge in [0, 0.05) is 23.8 Å². The third kappa shape index (κ3) is 2.71. The van der Waals surface area contributed by atoms with Gasteiger partial charge in [0.05, 0.1) is 17.7 Å². The topological polar surface area (TPSA) is 34.1 Å². The molecule has 2 aliphatic heterocycles. The van der Waals surface area contributed by atoms with E-state index in [0.29, 0.717) is 0 Å². The zero-order valence-corrected chi connectivity index (χ0v) is 14.0. The fraction of sp³-hybridized carbons (Fsp3) is 0.471. The highest BCUT2D eigenvalue weighted by molar-refractivity contribution is 6.62. The summed E-state index contributed by atoms with van der Waals surface area (Å²) in [6.07, 6.45) is 3.83. The van der Waals surface area contributed by atoms with Crippen molar-refractivity contribution in [2.75, 3.05) is 11.4 Å². The van der Waals surface area contributed by atoms with Crippen molar-refractivity contribution >= 4 is 24.0 Å². The molecule has 1 saturated heterocycles. The molecule has 1 aromatic carbocycles. The number of anilines is 1. The third-order valence-corrected chi connectivity index (χ3v) is 4.69. The van der Waals surface area contributed by atoms with E-state index < -0.39 is 0 Å². The van der Waals surface area contributed by atoms with Crippen molar-refractivity contribution in [2.24, 2.45) is 4.99 Å². The minimum atomic E-state index is -0.306. The Morgan fingerprint density at radius 2 is 1.64 bits per heavy atom. The number of nitrogens with zero attached hydrogens (tertiary/aromatic N) is 2. The van der Waals surface area contributed by atoms with Crippen molar-refractivity contribution in [3.63, 3.8) is 0 Å². The maximum atomic E-state index is 6.08. The van der Waals surface area contributed by atoms with E-state index >= 15 is 0 Å². The van der Waals surface area contributed by atoms with Gasteiger partial charge in [0.1, 0.15) is 0 Å². The molecule has 116 valence electrons. The first-order valence-corrected chi connectivity index (χ1v) is 7.71. The molecule has 2 heterocycles. The fourth-order valence-corrected chi connectivity index (χ4v) is 2.56. The molecule has 0 spiro atoms. The molecule has 1 aromatic rings. The first kappa shape index (κ1) is 15.3. The second-order valence-corrected chi connectivity index (χ2v) is 6.97. The molecule has 4 nitrogen and oxygen atoms in total. The Kier molecular flexibility index (Phi) is 3.65. The summed E-state index contributed by atoms with van der Waals surface area (Å²) in [5.74, 6) is 0. The number of hydrogen-bond donors (Lipinski definition) is 0. The molecule has 0 aromatic heterocycles. The van der Waals surface area contributed by atoms with E-state index in [9.17, 15) is 0 Å². The van der Waals surface area contributed by atoms with Crippen molar-refractivity contribution in [1.29, 1.82) is 0 Å². The Balaban J connectivity index is 1.76. The number of aliphatic imine (C=N–C) groups is 1. The zero-order valence-electron chi connectivity index (χ0n) is 14.0. The molecule has 2 aliphatic rings. The summed E-state index contributed by atoms with van der Waals surface area (Å²) in [6.45, 7) is 11.1. The summed E-state index contributed by atoms with van der Waals surface area (Å²) >= 11 is 0. The molecule has 0 bridgehead atoms. The summed E-state index contributed by atoms with van der Waals surface area (Å²) in [5.41, 5.74) is 2.69. The van der Waals surface area contributed by atoms with E-state index in [1.54, 1.807) is 0 Å². The van der Waals surface area contributed by atoms with Crippen molar-refractivity contribution in [3.8, 4) is 0 Å². The Labute approximate surface area is 133 Å². The van der Waals surface area contributed by atoms with Crippen molar-refractivity contribution in [2.45, 2.75) is 45.8 Å². The van der Waals surface area contributed by atoms with Gasteiger partial charge in [-0.15, -0.1) is 0 Å². The van der Waals surface area contributed by atoms with Crippen LogP contribution in [0.15, 0.2) is 41.7 Å². The number of rotatable bonds is 2. The highest BCUT2D eigenvalue weighted by Gasteiger charge is 2.51. The van der Waals surface area contributed by atoms with Crippen LogP contribution in [0.4, 0.5) is 5.69 Å². The van der Waals surface area contributed by atoms with Gasteiger partial charge in [-0.3, -0.25) is 4.99 Å². The average molecular weight is 298 g/mol. The van der Waals surface area contributed by atoms with Gasteiger partial charge >= 0.3 is 7.12 Å². The molecule has 0 N–H and O–H groups in total. The minimum absolute atomic E-state index is 0.306. The molecule has 5 heteroatoms. The Morgan fingerprint density at radius 3 is 2.18 bits per heavy atom. The molecule has 22 heavy (non-hydrogen) atoms. The third-order valence-electron chi connectivity index (χ3n) is 4.69. The molecule has 0 atom stereocenters. The monoisotopic (exact) mass is 298 g/mol. The van der Waals surface area contributed by atoms with Gasteiger partial charge < -0.3 is 14.2 Å². The van der Waals surface area contributed by atoms with Crippen molar-refractivity contribution < 1.29 is 9.31 Å². The van der Waals surface area contributed by atoms with Gasteiger partial charge in [0.15, 0.2) is 0 Å². The summed E-state index contributed by atoms with van der Waals surface area (Å²) < 4.78 is 12.2. The number of hydrogen-bond acceptors (Lipinski definition) is 4. The molecule has 1 fully saturated rings. The molecule has 0 radical (unpaired) electrons. The smallest absolute Gasteiger partial charge is 0.399 e. The highest BCUT2D eigenvalue weighted by atomic mass is 16.7. The molecule has 3 rings (SSSR count). The second kappa shape index (κ2) is 5.25. The zero-order chi connectivity index (χ0) is 16.0. The normalized spacial score (nSPS) is 22.9. The quantitative estimate of drug-likeness (QED) is 0.787. The van der Waals surface area contributed by atoms with Crippen LogP contribution in [0.5, 0.6) is 0 Å². The minimum Gasteiger partial charge on any atom is -0.399 e. The second-order valence-electron chi connectivity index (χ2n) is 6.97. The maximum Gasteiger partial charge on any atom is 0.494 e. The lowest BCUT2D eigenvalue weighted by atomic mass is 9.79. The molecular weight excluding hydrogens is 275 g/mol. The van der Waals surface area contributed by atoms with Crippen LogP contribution in [0.1, 0.15) is 34.6 Å². The lowest BCUT2D eigenvalue weighted by molar-refractivity contribution is 0.00578. The Hall–Kier alpha value is -1.59. The van der Waals surface area contributed by atoms with Crippen molar-refractivity contribution in [3.05, 3.63) is 36.7 Å². The van der Waals surface area contributed by atoms with Crippen LogP contribution in [0.3, 0.4) is 0 Å². The van der Waals surface area contributed by atoms with Gasteiger partial charge in [-0.25, -0.2) is 0 Å². The first-order chi connectivity index (χ1) is 10.3. The summed E-state index contributed by atoms with van der Waals surface area (Å²) in [5, 5.41) is 0. The van der Waals surface area contributed by atoms with Gasteiger partial charge in [-0.1, -0.05) is 12.1 Å². The van der Waals surface area contributed by atoms with Crippen LogP contribution < -0.4 is 10.4 Å². The largest absolute Gasteiger partial charge is 0.494 e. The van der Waals surface area contributed by atoms with E-state index in [2.05, 4.69) is 61.9 Å². The van der Waals surface area contributed by atoms with Gasteiger partial charge in [0.2, 0.25) is 0 Å². The van der Waals surface area contributed by atoms with Crippen LogP contribution in [-0.2, 0) is 9.31 Å². The first-order valence-electron chi connectivity index (χ1n) is 7.71. The van der Waals surface area contributed by atoms with E-state index in [1.807, 2.05) is 19.3 Å². The van der Waals surface area contributed by atoms with E-state index in [-0.39, 0.29) is 18.3 Å². The van der Waals surface area contributed by atoms with Gasteiger partial charge in [-0.2, -0.15) is 0 Å². The van der Waals surface area contributed by atoms with Crippen molar-refractivity contribution in [1.82, 2.24) is 0 Å². The van der Waals surface area contributed by atoms with Crippen LogP contribution in [-0.4, -0.2) is 30.6 Å². The standard InChI is InChI=1S/C17H23BN2O2/c1-13-12-20(11-10-19-13)15-8-6-14(7-9-15)18-21-16(2,3)17(4,5)22-18/h6-11H,12H2,1-5H3. The lowest BCUT2D eigenvalue weighted by Crippen LogP contribution is -2.41. The predicted molar refractivity (Wildman–Crippen MR) is 91.8 cm³/mol. The van der Waals surface area contributed by atoms with Crippen LogP contribution in [0.25, 0.3) is 0 Å². The van der Waals surface area contributed by atoms with Crippen LogP contribution in [0.2, 0.25) is 0 Å². The maximum absolute atomic E-state index is 6.08.